The van der Waals surface area contributed by atoms with Crippen LogP contribution in [0.4, 0.5) is 11.4 Å². The third-order valence-electron chi connectivity index (χ3n) is 3.14. The summed E-state index contributed by atoms with van der Waals surface area (Å²) in [6, 6.07) is 5.39. The SMILES string of the molecule is CCNc1ccc(CN2CCOCC2)cc1[N+](=O)[O-]. The molecule has 1 heterocycles. The van der Waals surface area contributed by atoms with E-state index in [4.69, 9.17) is 4.74 Å². The lowest BCUT2D eigenvalue weighted by molar-refractivity contribution is -0.384. The van der Waals surface area contributed by atoms with Gasteiger partial charge in [0.2, 0.25) is 0 Å². The van der Waals surface area contributed by atoms with Gasteiger partial charge in [0.25, 0.3) is 5.69 Å². The molecule has 0 aliphatic carbocycles. The highest BCUT2D eigenvalue weighted by molar-refractivity contribution is 5.62. The van der Waals surface area contributed by atoms with Gasteiger partial charge in [0.05, 0.1) is 18.1 Å². The maximum Gasteiger partial charge on any atom is 0.292 e. The fourth-order valence-corrected chi connectivity index (χ4v) is 2.18. The van der Waals surface area contributed by atoms with Gasteiger partial charge in [0.1, 0.15) is 5.69 Å². The second kappa shape index (κ2) is 6.49. The number of benzene rings is 1. The third kappa shape index (κ3) is 3.65. The quantitative estimate of drug-likeness (QED) is 0.650. The summed E-state index contributed by atoms with van der Waals surface area (Å²) in [5, 5.41) is 14.1. The molecule has 2 rings (SSSR count). The summed E-state index contributed by atoms with van der Waals surface area (Å²) in [7, 11) is 0. The number of nitro groups is 1. The second-order valence-corrected chi connectivity index (χ2v) is 4.53. The molecule has 0 spiro atoms. The van der Waals surface area contributed by atoms with Crippen molar-refractivity contribution in [2.45, 2.75) is 13.5 Å². The van der Waals surface area contributed by atoms with Crippen molar-refractivity contribution in [1.82, 2.24) is 4.90 Å². The lowest BCUT2D eigenvalue weighted by Crippen LogP contribution is -2.35. The molecule has 104 valence electrons. The van der Waals surface area contributed by atoms with Crippen molar-refractivity contribution in [2.24, 2.45) is 0 Å². The number of nitrogens with zero attached hydrogens (tertiary/aromatic N) is 2. The molecule has 1 aromatic rings. The average Bonchev–Trinajstić information content (AvgIpc) is 2.42. The van der Waals surface area contributed by atoms with Crippen molar-refractivity contribution in [3.8, 4) is 0 Å². The molecule has 1 fully saturated rings. The van der Waals surface area contributed by atoms with Gasteiger partial charge >= 0.3 is 0 Å². The van der Waals surface area contributed by atoms with E-state index in [0.29, 0.717) is 12.2 Å². The first-order chi connectivity index (χ1) is 9.20. The average molecular weight is 265 g/mol. The van der Waals surface area contributed by atoms with Crippen LogP contribution in [0.2, 0.25) is 0 Å². The summed E-state index contributed by atoms with van der Waals surface area (Å²) in [6.07, 6.45) is 0. The Morgan fingerprint density at radius 3 is 2.79 bits per heavy atom. The summed E-state index contributed by atoms with van der Waals surface area (Å²) < 4.78 is 5.29. The van der Waals surface area contributed by atoms with Crippen molar-refractivity contribution in [2.75, 3.05) is 38.2 Å². The molecular formula is C13H19N3O3. The fraction of sp³-hybridized carbons (Fsp3) is 0.538. The standard InChI is InChI=1S/C13H19N3O3/c1-2-14-12-4-3-11(9-13(12)16(17)18)10-15-5-7-19-8-6-15/h3-4,9,14H,2,5-8,10H2,1H3. The van der Waals surface area contributed by atoms with E-state index >= 15 is 0 Å². The number of anilines is 1. The maximum atomic E-state index is 11.1. The largest absolute Gasteiger partial charge is 0.380 e. The molecule has 6 nitrogen and oxygen atoms in total. The van der Waals surface area contributed by atoms with E-state index in [-0.39, 0.29) is 10.6 Å². The molecule has 0 radical (unpaired) electrons. The summed E-state index contributed by atoms with van der Waals surface area (Å²) in [5.41, 5.74) is 1.70. The first kappa shape index (κ1) is 13.8. The Balaban J connectivity index is 2.12. The Hall–Kier alpha value is -1.66. The minimum absolute atomic E-state index is 0.146. The minimum atomic E-state index is -0.333. The normalized spacial score (nSPS) is 16.3. The van der Waals surface area contributed by atoms with Gasteiger partial charge in [0, 0.05) is 32.2 Å². The zero-order valence-corrected chi connectivity index (χ0v) is 11.1. The lowest BCUT2D eigenvalue weighted by Gasteiger charge is -2.26. The van der Waals surface area contributed by atoms with Crippen molar-refractivity contribution in [3.63, 3.8) is 0 Å². The molecule has 0 atom stereocenters. The number of nitrogens with one attached hydrogen (secondary N) is 1. The monoisotopic (exact) mass is 265 g/mol. The highest BCUT2D eigenvalue weighted by atomic mass is 16.6. The molecule has 6 heteroatoms. The Kier molecular flexibility index (Phi) is 4.70. The van der Waals surface area contributed by atoms with Crippen LogP contribution in [-0.4, -0.2) is 42.7 Å². The van der Waals surface area contributed by atoms with Crippen LogP contribution >= 0.6 is 0 Å². The fourth-order valence-electron chi connectivity index (χ4n) is 2.18. The summed E-state index contributed by atoms with van der Waals surface area (Å²) in [5.74, 6) is 0. The van der Waals surface area contributed by atoms with Gasteiger partial charge in [-0.3, -0.25) is 15.0 Å². The van der Waals surface area contributed by atoms with Crippen LogP contribution < -0.4 is 5.32 Å². The molecule has 0 amide bonds. The van der Waals surface area contributed by atoms with Crippen molar-refractivity contribution >= 4 is 11.4 Å². The molecule has 0 bridgehead atoms. The Bertz CT molecular complexity index is 445. The van der Waals surface area contributed by atoms with Gasteiger partial charge < -0.3 is 10.1 Å². The zero-order valence-electron chi connectivity index (χ0n) is 11.1. The minimum Gasteiger partial charge on any atom is -0.380 e. The Labute approximate surface area is 112 Å². The predicted octanol–water partition coefficient (Wildman–Crippen LogP) is 1.86. The summed E-state index contributed by atoms with van der Waals surface area (Å²) in [6.45, 7) is 6.55. The molecule has 1 aliphatic heterocycles. The van der Waals surface area contributed by atoms with Crippen LogP contribution in [0.5, 0.6) is 0 Å². The Morgan fingerprint density at radius 1 is 1.42 bits per heavy atom. The molecule has 1 aromatic carbocycles. The van der Waals surface area contributed by atoms with E-state index < -0.39 is 0 Å². The van der Waals surface area contributed by atoms with Crippen molar-refractivity contribution in [3.05, 3.63) is 33.9 Å². The predicted molar refractivity (Wildman–Crippen MR) is 73.4 cm³/mol. The molecule has 1 N–H and O–H groups in total. The van der Waals surface area contributed by atoms with Crippen molar-refractivity contribution in [1.29, 1.82) is 0 Å². The highest BCUT2D eigenvalue weighted by Gasteiger charge is 2.16. The number of ether oxygens (including phenoxy) is 1. The number of morpholine rings is 1. The van der Waals surface area contributed by atoms with Crippen LogP contribution in [0.3, 0.4) is 0 Å². The summed E-state index contributed by atoms with van der Waals surface area (Å²) in [4.78, 5) is 13.0. The van der Waals surface area contributed by atoms with Gasteiger partial charge in [-0.2, -0.15) is 0 Å². The lowest BCUT2D eigenvalue weighted by atomic mass is 10.1. The number of hydrogen-bond donors (Lipinski definition) is 1. The van der Waals surface area contributed by atoms with E-state index in [9.17, 15) is 10.1 Å². The van der Waals surface area contributed by atoms with Gasteiger partial charge in [-0.05, 0) is 18.6 Å². The van der Waals surface area contributed by atoms with E-state index in [1.807, 2.05) is 13.0 Å². The van der Waals surface area contributed by atoms with E-state index in [2.05, 4.69) is 10.2 Å². The molecule has 0 saturated carbocycles. The summed E-state index contributed by atoms with van der Waals surface area (Å²) >= 11 is 0. The van der Waals surface area contributed by atoms with Crippen LogP contribution in [-0.2, 0) is 11.3 Å². The number of hydrogen-bond acceptors (Lipinski definition) is 5. The molecule has 1 saturated heterocycles. The van der Waals surface area contributed by atoms with Gasteiger partial charge in [-0.15, -0.1) is 0 Å². The molecule has 0 aromatic heterocycles. The highest BCUT2D eigenvalue weighted by Crippen LogP contribution is 2.26. The van der Waals surface area contributed by atoms with Gasteiger partial charge in [-0.25, -0.2) is 0 Å². The first-order valence-electron chi connectivity index (χ1n) is 6.52. The second-order valence-electron chi connectivity index (χ2n) is 4.53. The molecule has 0 unspecified atom stereocenters. The molecule has 1 aliphatic rings. The van der Waals surface area contributed by atoms with E-state index in [0.717, 1.165) is 38.4 Å². The topological polar surface area (TPSA) is 67.6 Å². The Morgan fingerprint density at radius 2 is 2.16 bits per heavy atom. The van der Waals surface area contributed by atoms with Crippen LogP contribution in [0, 0.1) is 10.1 Å². The van der Waals surface area contributed by atoms with Crippen molar-refractivity contribution < 1.29 is 9.66 Å². The van der Waals surface area contributed by atoms with Gasteiger partial charge in [0.15, 0.2) is 0 Å². The molecular weight excluding hydrogens is 246 g/mol. The smallest absolute Gasteiger partial charge is 0.292 e. The van der Waals surface area contributed by atoms with Crippen LogP contribution in [0.25, 0.3) is 0 Å². The third-order valence-corrected chi connectivity index (χ3v) is 3.14. The zero-order chi connectivity index (χ0) is 13.7. The van der Waals surface area contributed by atoms with Crippen LogP contribution in [0.1, 0.15) is 12.5 Å². The van der Waals surface area contributed by atoms with Crippen LogP contribution in [0.15, 0.2) is 18.2 Å². The van der Waals surface area contributed by atoms with Gasteiger partial charge in [-0.1, -0.05) is 6.07 Å². The van der Waals surface area contributed by atoms with E-state index in [1.165, 1.54) is 0 Å². The maximum absolute atomic E-state index is 11.1. The number of nitro benzene ring substituents is 1. The molecule has 19 heavy (non-hydrogen) atoms. The number of rotatable bonds is 5. The first-order valence-corrected chi connectivity index (χ1v) is 6.52. The van der Waals surface area contributed by atoms with E-state index in [1.54, 1.807) is 12.1 Å².